The first-order valence-corrected chi connectivity index (χ1v) is 8.88. The molecule has 0 aromatic heterocycles. The van der Waals surface area contributed by atoms with Crippen molar-refractivity contribution in [3.05, 3.63) is 35.4 Å². The molecule has 0 heterocycles. The molecule has 1 aliphatic rings. The number of carbonyl (C=O) groups is 1. The second-order valence-electron chi connectivity index (χ2n) is 6.58. The van der Waals surface area contributed by atoms with Crippen molar-refractivity contribution in [2.24, 2.45) is 0 Å². The van der Waals surface area contributed by atoms with Crippen LogP contribution in [-0.4, -0.2) is 48.4 Å². The van der Waals surface area contributed by atoms with E-state index in [1.165, 1.54) is 0 Å². The Bertz CT molecular complexity index is 518. The summed E-state index contributed by atoms with van der Waals surface area (Å²) in [6.07, 6.45) is 3.60. The van der Waals surface area contributed by atoms with E-state index in [2.05, 4.69) is 5.32 Å². The number of aliphatic hydroxyl groups is 1. The van der Waals surface area contributed by atoms with Crippen LogP contribution in [0.15, 0.2) is 24.3 Å². The lowest BCUT2D eigenvalue weighted by molar-refractivity contribution is 0.0418. The zero-order valence-electron chi connectivity index (χ0n) is 15.0. The van der Waals surface area contributed by atoms with E-state index in [1.807, 2.05) is 38.1 Å². The fourth-order valence-electron chi connectivity index (χ4n) is 3.25. The third kappa shape index (κ3) is 4.95. The fourth-order valence-corrected chi connectivity index (χ4v) is 3.25. The van der Waals surface area contributed by atoms with Crippen molar-refractivity contribution in [2.75, 3.05) is 20.2 Å². The first kappa shape index (κ1) is 18.7. The van der Waals surface area contributed by atoms with Crippen molar-refractivity contribution in [3.63, 3.8) is 0 Å². The highest BCUT2D eigenvalue weighted by molar-refractivity contribution is 5.74. The van der Waals surface area contributed by atoms with E-state index in [-0.39, 0.29) is 24.7 Å². The van der Waals surface area contributed by atoms with Gasteiger partial charge in [-0.05, 0) is 32.3 Å². The van der Waals surface area contributed by atoms with Gasteiger partial charge in [-0.15, -0.1) is 0 Å². The minimum Gasteiger partial charge on any atom is -0.387 e. The quantitative estimate of drug-likeness (QED) is 0.840. The number of likely N-dealkylation sites (N-methyl/N-ethyl adjacent to an activating group) is 1. The molecule has 5 heteroatoms. The number of benzene rings is 1. The maximum atomic E-state index is 12.6. The molecular formula is C19H30N2O3. The maximum Gasteiger partial charge on any atom is 0.317 e. The first-order valence-electron chi connectivity index (χ1n) is 8.88. The Morgan fingerprint density at radius 3 is 2.62 bits per heavy atom. The highest BCUT2D eigenvalue weighted by Crippen LogP contribution is 2.21. The van der Waals surface area contributed by atoms with Gasteiger partial charge in [0, 0.05) is 13.7 Å². The van der Waals surface area contributed by atoms with Crippen molar-refractivity contribution < 1.29 is 14.6 Å². The Labute approximate surface area is 145 Å². The average molecular weight is 334 g/mol. The van der Waals surface area contributed by atoms with Crippen LogP contribution in [0.1, 0.15) is 49.8 Å². The number of hydrogen-bond donors (Lipinski definition) is 2. The van der Waals surface area contributed by atoms with Gasteiger partial charge >= 0.3 is 6.03 Å². The van der Waals surface area contributed by atoms with Crippen LogP contribution in [0.4, 0.5) is 4.79 Å². The van der Waals surface area contributed by atoms with E-state index in [9.17, 15) is 9.90 Å². The largest absolute Gasteiger partial charge is 0.387 e. The van der Waals surface area contributed by atoms with Gasteiger partial charge in [0.1, 0.15) is 0 Å². The van der Waals surface area contributed by atoms with E-state index in [0.29, 0.717) is 6.54 Å². The average Bonchev–Trinajstić information content (AvgIpc) is 2.60. The molecule has 1 aromatic rings. The zero-order chi connectivity index (χ0) is 17.5. The second-order valence-corrected chi connectivity index (χ2v) is 6.58. The molecule has 2 rings (SSSR count). The fraction of sp³-hybridized carbons (Fsp3) is 0.632. The third-order valence-corrected chi connectivity index (χ3v) is 4.84. The number of amides is 2. The van der Waals surface area contributed by atoms with Crippen LogP contribution in [0.25, 0.3) is 0 Å². The molecule has 2 amide bonds. The number of nitrogens with one attached hydrogen (secondary N) is 1. The predicted octanol–water partition coefficient (Wildman–Crippen LogP) is 3.02. The minimum atomic E-state index is -0.680. The lowest BCUT2D eigenvalue weighted by Crippen LogP contribution is -2.51. The molecule has 0 aliphatic heterocycles. The summed E-state index contributed by atoms with van der Waals surface area (Å²) in [6, 6.07) is 7.70. The van der Waals surface area contributed by atoms with Crippen molar-refractivity contribution in [2.45, 2.75) is 57.8 Å². The summed E-state index contributed by atoms with van der Waals surface area (Å²) < 4.78 is 5.50. The number of carbonyl (C=O) groups excluding carboxylic acids is 1. The molecule has 24 heavy (non-hydrogen) atoms. The number of aliphatic hydroxyl groups excluding tert-OH is 1. The molecule has 1 fully saturated rings. The van der Waals surface area contributed by atoms with E-state index >= 15 is 0 Å². The summed E-state index contributed by atoms with van der Waals surface area (Å²) in [4.78, 5) is 14.2. The topological polar surface area (TPSA) is 61.8 Å². The van der Waals surface area contributed by atoms with Crippen LogP contribution in [0.2, 0.25) is 0 Å². The normalized spacial score (nSPS) is 22.0. The van der Waals surface area contributed by atoms with Gasteiger partial charge in [0.25, 0.3) is 0 Å². The molecule has 3 unspecified atom stereocenters. The summed E-state index contributed by atoms with van der Waals surface area (Å²) >= 11 is 0. The monoisotopic (exact) mass is 334 g/mol. The summed E-state index contributed by atoms with van der Waals surface area (Å²) in [5, 5.41) is 13.5. The van der Waals surface area contributed by atoms with Gasteiger partial charge in [-0.25, -0.2) is 4.79 Å². The van der Waals surface area contributed by atoms with Crippen molar-refractivity contribution >= 4 is 6.03 Å². The van der Waals surface area contributed by atoms with Crippen LogP contribution in [0.3, 0.4) is 0 Å². The van der Waals surface area contributed by atoms with Crippen LogP contribution in [0.5, 0.6) is 0 Å². The summed E-state index contributed by atoms with van der Waals surface area (Å²) in [5.74, 6) is 0. The summed E-state index contributed by atoms with van der Waals surface area (Å²) in [7, 11) is 1.70. The lowest BCUT2D eigenvalue weighted by atomic mass is 9.92. The molecule has 3 atom stereocenters. The Kier molecular flexibility index (Phi) is 7.06. The Hall–Kier alpha value is -1.59. The predicted molar refractivity (Wildman–Crippen MR) is 95.0 cm³/mol. The van der Waals surface area contributed by atoms with Gasteiger partial charge in [0.05, 0.1) is 24.8 Å². The summed E-state index contributed by atoms with van der Waals surface area (Å²) in [5.41, 5.74) is 1.98. The van der Waals surface area contributed by atoms with Crippen LogP contribution in [-0.2, 0) is 4.74 Å². The van der Waals surface area contributed by atoms with Crippen LogP contribution >= 0.6 is 0 Å². The minimum absolute atomic E-state index is 0.0572. The molecular weight excluding hydrogens is 304 g/mol. The van der Waals surface area contributed by atoms with Gasteiger partial charge < -0.3 is 20.1 Å². The number of rotatable bonds is 6. The third-order valence-electron chi connectivity index (χ3n) is 4.84. The highest BCUT2D eigenvalue weighted by atomic mass is 16.5. The van der Waals surface area contributed by atoms with Crippen molar-refractivity contribution in [1.82, 2.24) is 10.2 Å². The van der Waals surface area contributed by atoms with Gasteiger partial charge in [-0.2, -0.15) is 0 Å². The van der Waals surface area contributed by atoms with E-state index in [0.717, 1.165) is 36.8 Å². The molecule has 2 N–H and O–H groups in total. The van der Waals surface area contributed by atoms with Gasteiger partial charge in [0.15, 0.2) is 0 Å². The number of nitrogens with zero attached hydrogens (tertiary/aromatic N) is 1. The smallest absolute Gasteiger partial charge is 0.317 e. The van der Waals surface area contributed by atoms with Crippen LogP contribution < -0.4 is 5.32 Å². The number of methoxy groups -OCH3 is 1. The molecule has 1 aliphatic carbocycles. The molecule has 0 bridgehead atoms. The second kappa shape index (κ2) is 9.04. The molecule has 134 valence electrons. The zero-order valence-corrected chi connectivity index (χ0v) is 15.0. The molecule has 1 aromatic carbocycles. The highest BCUT2D eigenvalue weighted by Gasteiger charge is 2.28. The SMILES string of the molecule is CCN(CC(O)c1ccc(C)cc1)C(=O)NC1CCCCC1OC. The lowest BCUT2D eigenvalue weighted by Gasteiger charge is -2.33. The maximum absolute atomic E-state index is 12.6. The van der Waals surface area contributed by atoms with E-state index in [1.54, 1.807) is 12.0 Å². The first-order chi connectivity index (χ1) is 11.5. The van der Waals surface area contributed by atoms with E-state index in [4.69, 9.17) is 4.74 Å². The van der Waals surface area contributed by atoms with Gasteiger partial charge in [-0.3, -0.25) is 0 Å². The molecule has 5 nitrogen and oxygen atoms in total. The van der Waals surface area contributed by atoms with Gasteiger partial charge in [-0.1, -0.05) is 42.7 Å². The molecule has 0 radical (unpaired) electrons. The molecule has 0 saturated heterocycles. The number of urea groups is 1. The Morgan fingerprint density at radius 1 is 1.33 bits per heavy atom. The van der Waals surface area contributed by atoms with Crippen LogP contribution in [0, 0.1) is 6.92 Å². The number of aryl methyl sites for hydroxylation is 1. The summed E-state index contributed by atoms with van der Waals surface area (Å²) in [6.45, 7) is 4.78. The molecule has 1 saturated carbocycles. The Morgan fingerprint density at radius 2 is 2.00 bits per heavy atom. The van der Waals surface area contributed by atoms with Crippen molar-refractivity contribution in [3.8, 4) is 0 Å². The standard InChI is InChI=1S/C19H30N2O3/c1-4-21(13-17(22)15-11-9-14(2)10-12-15)19(23)20-16-7-5-6-8-18(16)24-3/h9-12,16-18,22H,4-8,13H2,1-3H3,(H,20,23). The number of ether oxygens (including phenoxy) is 1. The molecule has 0 spiro atoms. The van der Waals surface area contributed by atoms with Gasteiger partial charge in [0.2, 0.25) is 0 Å². The van der Waals surface area contributed by atoms with E-state index < -0.39 is 6.10 Å². The Balaban J connectivity index is 1.94. The number of hydrogen-bond acceptors (Lipinski definition) is 3. The van der Waals surface area contributed by atoms with Crippen molar-refractivity contribution in [1.29, 1.82) is 0 Å².